The lowest BCUT2D eigenvalue weighted by molar-refractivity contribution is 0.0701. The van der Waals surface area contributed by atoms with E-state index in [1.54, 1.807) is 11.0 Å². The molecule has 122 valence electrons. The molecule has 4 nitrogen and oxygen atoms in total. The molecule has 1 heterocycles. The number of benzene rings is 2. The average molecular weight is 320 g/mol. The van der Waals surface area contributed by atoms with E-state index in [9.17, 15) is 4.79 Å². The molecule has 0 aliphatic carbocycles. The van der Waals surface area contributed by atoms with Gasteiger partial charge in [-0.15, -0.1) is 0 Å². The zero-order chi connectivity index (χ0) is 16.8. The second-order valence-corrected chi connectivity index (χ2v) is 5.65. The molecule has 0 spiro atoms. The number of nitrogens with zero attached hydrogens (tertiary/aromatic N) is 2. The van der Waals surface area contributed by atoms with Gasteiger partial charge in [0.2, 0.25) is 5.76 Å². The van der Waals surface area contributed by atoms with Gasteiger partial charge in [-0.05, 0) is 12.0 Å². The maximum Gasteiger partial charge on any atom is 0.292 e. The second-order valence-electron chi connectivity index (χ2n) is 5.65. The lowest BCUT2D eigenvalue weighted by Gasteiger charge is -2.20. The quantitative estimate of drug-likeness (QED) is 0.676. The van der Waals surface area contributed by atoms with Crippen molar-refractivity contribution in [2.24, 2.45) is 0 Å². The van der Waals surface area contributed by atoms with Crippen LogP contribution in [0.3, 0.4) is 0 Å². The Balaban J connectivity index is 1.79. The Bertz CT molecular complexity index is 782. The van der Waals surface area contributed by atoms with E-state index in [2.05, 4.69) is 12.1 Å². The summed E-state index contributed by atoms with van der Waals surface area (Å²) in [6.07, 6.45) is 0.887. The Labute approximate surface area is 141 Å². The van der Waals surface area contributed by atoms with Gasteiger partial charge >= 0.3 is 0 Å². The van der Waals surface area contributed by atoms with Crippen LogP contribution in [0.25, 0.3) is 11.3 Å². The summed E-state index contributed by atoms with van der Waals surface area (Å²) < 4.78 is 5.30. The van der Waals surface area contributed by atoms with E-state index < -0.39 is 0 Å². The van der Waals surface area contributed by atoms with Crippen molar-refractivity contribution in [3.05, 3.63) is 78.1 Å². The lowest BCUT2D eigenvalue weighted by atomic mass is 10.1. The van der Waals surface area contributed by atoms with Gasteiger partial charge in [-0.25, -0.2) is 0 Å². The zero-order valence-electron chi connectivity index (χ0n) is 13.7. The number of aromatic nitrogens is 1. The molecule has 3 aromatic rings. The minimum absolute atomic E-state index is 0.129. The molecule has 0 saturated heterocycles. The van der Waals surface area contributed by atoms with Crippen LogP contribution in [0.5, 0.6) is 0 Å². The summed E-state index contributed by atoms with van der Waals surface area (Å²) in [4.78, 5) is 14.6. The first-order valence-electron chi connectivity index (χ1n) is 8.13. The monoisotopic (exact) mass is 320 g/mol. The maximum absolute atomic E-state index is 12.8. The molecule has 0 fully saturated rings. The van der Waals surface area contributed by atoms with E-state index in [0.29, 0.717) is 18.8 Å². The fourth-order valence-corrected chi connectivity index (χ4v) is 2.60. The third kappa shape index (κ3) is 3.71. The Morgan fingerprint density at radius 3 is 2.38 bits per heavy atom. The normalized spacial score (nSPS) is 10.5. The van der Waals surface area contributed by atoms with E-state index >= 15 is 0 Å². The molecular formula is C20H20N2O2. The molecule has 0 N–H and O–H groups in total. The Kier molecular flexibility index (Phi) is 5.06. The van der Waals surface area contributed by atoms with Crippen LogP contribution in [0.4, 0.5) is 0 Å². The molecule has 0 unspecified atom stereocenters. The van der Waals surface area contributed by atoms with Crippen LogP contribution in [-0.2, 0) is 6.54 Å². The average Bonchev–Trinajstić information content (AvgIpc) is 3.12. The topological polar surface area (TPSA) is 46.3 Å². The number of hydrogen-bond acceptors (Lipinski definition) is 3. The first kappa shape index (κ1) is 16.0. The Morgan fingerprint density at radius 1 is 1.04 bits per heavy atom. The minimum Gasteiger partial charge on any atom is -0.350 e. The van der Waals surface area contributed by atoms with Crippen LogP contribution >= 0.6 is 0 Å². The highest BCUT2D eigenvalue weighted by Crippen LogP contribution is 2.20. The molecule has 1 amide bonds. The van der Waals surface area contributed by atoms with Gasteiger partial charge in [0.1, 0.15) is 5.69 Å². The van der Waals surface area contributed by atoms with Crippen molar-refractivity contribution < 1.29 is 9.32 Å². The standard InChI is InChI=1S/C20H20N2O2/c1-2-13-22(15-16-9-5-3-6-10-16)20(23)19-14-18(21-24-19)17-11-7-4-8-12-17/h3-12,14H,2,13,15H2,1H3. The number of amides is 1. The summed E-state index contributed by atoms with van der Waals surface area (Å²) in [6.45, 7) is 3.30. The molecule has 4 heteroatoms. The number of carbonyl (C=O) groups is 1. The highest BCUT2D eigenvalue weighted by molar-refractivity contribution is 5.92. The van der Waals surface area contributed by atoms with Crippen molar-refractivity contribution >= 4 is 5.91 Å². The molecule has 0 radical (unpaired) electrons. The third-order valence-electron chi connectivity index (χ3n) is 3.79. The summed E-state index contributed by atoms with van der Waals surface area (Å²) in [5, 5.41) is 4.03. The van der Waals surface area contributed by atoms with Crippen LogP contribution in [0.2, 0.25) is 0 Å². The number of hydrogen-bond donors (Lipinski definition) is 0. The SMILES string of the molecule is CCCN(Cc1ccccc1)C(=O)c1cc(-c2ccccc2)no1. The smallest absolute Gasteiger partial charge is 0.292 e. The number of rotatable bonds is 6. The Hall–Kier alpha value is -2.88. The van der Waals surface area contributed by atoms with Crippen molar-refractivity contribution in [1.82, 2.24) is 10.1 Å². The van der Waals surface area contributed by atoms with Gasteiger partial charge < -0.3 is 9.42 Å². The third-order valence-corrected chi connectivity index (χ3v) is 3.79. The second kappa shape index (κ2) is 7.59. The van der Waals surface area contributed by atoms with E-state index in [-0.39, 0.29) is 11.7 Å². The first-order valence-corrected chi connectivity index (χ1v) is 8.13. The highest BCUT2D eigenvalue weighted by atomic mass is 16.5. The van der Waals surface area contributed by atoms with Gasteiger partial charge in [0.15, 0.2) is 0 Å². The van der Waals surface area contributed by atoms with Crippen molar-refractivity contribution in [3.63, 3.8) is 0 Å². The fraction of sp³-hybridized carbons (Fsp3) is 0.200. The molecule has 2 aromatic carbocycles. The van der Waals surface area contributed by atoms with Gasteiger partial charge in [0.05, 0.1) is 0 Å². The number of carbonyl (C=O) groups excluding carboxylic acids is 1. The van der Waals surface area contributed by atoms with Gasteiger partial charge in [-0.1, -0.05) is 72.7 Å². The summed E-state index contributed by atoms with van der Waals surface area (Å²) in [7, 11) is 0. The minimum atomic E-state index is -0.129. The largest absolute Gasteiger partial charge is 0.350 e. The zero-order valence-corrected chi connectivity index (χ0v) is 13.7. The summed E-state index contributed by atoms with van der Waals surface area (Å²) in [5.74, 6) is 0.147. The molecule has 0 aliphatic rings. The predicted molar refractivity (Wildman–Crippen MR) is 93.4 cm³/mol. The van der Waals surface area contributed by atoms with Crippen LogP contribution in [0.1, 0.15) is 29.5 Å². The first-order chi connectivity index (χ1) is 11.8. The van der Waals surface area contributed by atoms with E-state index in [1.807, 2.05) is 60.7 Å². The predicted octanol–water partition coefficient (Wildman–Crippen LogP) is 4.39. The van der Waals surface area contributed by atoms with Crippen molar-refractivity contribution in [2.75, 3.05) is 6.54 Å². The lowest BCUT2D eigenvalue weighted by Crippen LogP contribution is -2.31. The van der Waals surface area contributed by atoms with Crippen LogP contribution in [0, 0.1) is 0 Å². The van der Waals surface area contributed by atoms with Gasteiger partial charge in [-0.2, -0.15) is 0 Å². The molecule has 3 rings (SSSR count). The van der Waals surface area contributed by atoms with Crippen molar-refractivity contribution in [1.29, 1.82) is 0 Å². The molecular weight excluding hydrogens is 300 g/mol. The highest BCUT2D eigenvalue weighted by Gasteiger charge is 2.20. The van der Waals surface area contributed by atoms with Crippen molar-refractivity contribution in [2.45, 2.75) is 19.9 Å². The summed E-state index contributed by atoms with van der Waals surface area (Å²) in [5.41, 5.74) is 2.71. The van der Waals surface area contributed by atoms with Crippen LogP contribution in [-0.4, -0.2) is 22.5 Å². The molecule has 0 saturated carbocycles. The molecule has 24 heavy (non-hydrogen) atoms. The van der Waals surface area contributed by atoms with E-state index in [0.717, 1.165) is 17.5 Å². The van der Waals surface area contributed by atoms with E-state index in [4.69, 9.17) is 4.52 Å². The maximum atomic E-state index is 12.8. The fourth-order valence-electron chi connectivity index (χ4n) is 2.60. The van der Waals surface area contributed by atoms with Gasteiger partial charge in [0, 0.05) is 24.7 Å². The van der Waals surface area contributed by atoms with E-state index in [1.165, 1.54) is 0 Å². The van der Waals surface area contributed by atoms with Crippen LogP contribution < -0.4 is 0 Å². The molecule has 0 aliphatic heterocycles. The molecule has 0 atom stereocenters. The van der Waals surface area contributed by atoms with Crippen LogP contribution in [0.15, 0.2) is 71.3 Å². The summed E-state index contributed by atoms with van der Waals surface area (Å²) in [6, 6.07) is 21.4. The summed E-state index contributed by atoms with van der Waals surface area (Å²) >= 11 is 0. The van der Waals surface area contributed by atoms with Gasteiger partial charge in [0.25, 0.3) is 5.91 Å². The molecule has 0 bridgehead atoms. The van der Waals surface area contributed by atoms with Gasteiger partial charge in [-0.3, -0.25) is 4.79 Å². The molecule has 1 aromatic heterocycles. The van der Waals surface area contributed by atoms with Crippen molar-refractivity contribution in [3.8, 4) is 11.3 Å². The Morgan fingerprint density at radius 2 is 1.71 bits per heavy atom.